The van der Waals surface area contributed by atoms with E-state index in [4.69, 9.17) is 15.0 Å². The molecule has 0 spiro atoms. The van der Waals surface area contributed by atoms with Crippen LogP contribution in [0.3, 0.4) is 0 Å². The molecule has 2 aliphatic carbocycles. The second-order valence-electron chi connectivity index (χ2n) is 11.1. The number of allylic oxidation sites excluding steroid dienone is 3. The summed E-state index contributed by atoms with van der Waals surface area (Å²) in [5.74, 6) is 1.87. The van der Waals surface area contributed by atoms with Crippen LogP contribution in [0, 0.1) is 0 Å². The maximum Gasteiger partial charge on any atom is 0.238 e. The molecule has 41 heavy (non-hydrogen) atoms. The first kappa shape index (κ1) is 23.6. The van der Waals surface area contributed by atoms with Crippen LogP contribution in [0.25, 0.3) is 62.6 Å². The lowest BCUT2D eigenvalue weighted by atomic mass is 9.82. The van der Waals surface area contributed by atoms with Crippen molar-refractivity contribution in [2.45, 2.75) is 19.3 Å². The van der Waals surface area contributed by atoms with Gasteiger partial charge in [0.05, 0.1) is 10.9 Å². The van der Waals surface area contributed by atoms with Crippen molar-refractivity contribution in [3.8, 4) is 39.9 Å². The molecular weight excluding hydrogens is 500 g/mol. The highest BCUT2D eigenvalue weighted by Gasteiger charge is 2.36. The van der Waals surface area contributed by atoms with Crippen molar-refractivity contribution in [3.05, 3.63) is 137 Å². The third-order valence-electron chi connectivity index (χ3n) is 8.28. The predicted octanol–water partition coefficient (Wildman–Crippen LogP) is 6.74. The van der Waals surface area contributed by atoms with Gasteiger partial charge in [-0.1, -0.05) is 111 Å². The van der Waals surface area contributed by atoms with Crippen molar-refractivity contribution in [3.63, 3.8) is 0 Å². The zero-order valence-electron chi connectivity index (χ0n) is 22.8. The van der Waals surface area contributed by atoms with Crippen LogP contribution in [0.4, 0.5) is 0 Å². The summed E-state index contributed by atoms with van der Waals surface area (Å²) in [6.07, 6.45) is 8.18. The molecule has 0 saturated carbocycles. The molecule has 0 bridgehead atoms. The van der Waals surface area contributed by atoms with Crippen molar-refractivity contribution in [2.24, 2.45) is 0 Å². The smallest absolute Gasteiger partial charge is 0.238 e. The van der Waals surface area contributed by atoms with Gasteiger partial charge in [-0.15, -0.1) is 5.73 Å². The molecule has 0 saturated heterocycles. The van der Waals surface area contributed by atoms with E-state index in [9.17, 15) is 0 Å². The van der Waals surface area contributed by atoms with E-state index >= 15 is 0 Å². The Morgan fingerprint density at radius 3 is 2.02 bits per heavy atom. The molecule has 0 atom stereocenters. The molecule has 8 rings (SSSR count). The summed E-state index contributed by atoms with van der Waals surface area (Å²) in [4.78, 5) is 15.1. The summed E-state index contributed by atoms with van der Waals surface area (Å²) in [7, 11) is 0. The van der Waals surface area contributed by atoms with Crippen LogP contribution >= 0.6 is 0 Å². The van der Waals surface area contributed by atoms with Crippen LogP contribution in [0.5, 0.6) is 0 Å². The lowest BCUT2D eigenvalue weighted by Gasteiger charge is -2.21. The first-order valence-electron chi connectivity index (χ1n) is 13.9. The largest absolute Gasteiger partial charge is 0.277 e. The Hall–Kier alpha value is -5.31. The molecule has 2 heterocycles. The third-order valence-corrected chi connectivity index (χ3v) is 8.28. The van der Waals surface area contributed by atoms with E-state index in [1.165, 1.54) is 22.3 Å². The zero-order valence-corrected chi connectivity index (χ0v) is 22.8. The topological polar surface area (TPSA) is 43.6 Å². The molecule has 4 aromatic carbocycles. The number of nitrogens with zero attached hydrogens (tertiary/aromatic N) is 4. The maximum atomic E-state index is 5.09. The number of rotatable bonds is 3. The summed E-state index contributed by atoms with van der Waals surface area (Å²) in [6.45, 7) is 4.62. The quantitative estimate of drug-likeness (QED) is 0.256. The van der Waals surface area contributed by atoms with E-state index in [-0.39, 0.29) is 5.41 Å². The molecule has 0 N–H and O–H groups in total. The monoisotopic (exact) mass is 526 g/mol. The third kappa shape index (κ3) is 3.58. The lowest BCUT2D eigenvalue weighted by Crippen LogP contribution is -2.28. The summed E-state index contributed by atoms with van der Waals surface area (Å²) in [6, 6.07) is 33.7. The Morgan fingerprint density at radius 1 is 0.659 bits per heavy atom. The van der Waals surface area contributed by atoms with Crippen molar-refractivity contribution in [1.29, 1.82) is 0 Å². The first-order chi connectivity index (χ1) is 20.1. The minimum absolute atomic E-state index is 0.126. The van der Waals surface area contributed by atoms with Crippen molar-refractivity contribution in [2.75, 3.05) is 0 Å². The SMILES string of the molecule is CC1(C)c2ccccc2-c2cc3c4c(n(-c5nc(-c6ccccc6)nc(-c6ccccc6)n5)c3cc21)=CC=CC=C=4. The molecule has 0 unspecified atom stereocenters. The summed E-state index contributed by atoms with van der Waals surface area (Å²) in [5, 5.41) is 3.17. The molecule has 0 amide bonds. The number of aromatic nitrogens is 4. The molecule has 6 aromatic rings. The van der Waals surface area contributed by atoms with Gasteiger partial charge in [0.1, 0.15) is 0 Å². The van der Waals surface area contributed by atoms with E-state index in [0.717, 1.165) is 32.6 Å². The highest BCUT2D eigenvalue weighted by molar-refractivity contribution is 5.94. The minimum Gasteiger partial charge on any atom is -0.277 e. The van der Waals surface area contributed by atoms with E-state index in [1.807, 2.05) is 72.8 Å². The molecule has 0 fully saturated rings. The number of hydrogen-bond donors (Lipinski definition) is 0. The van der Waals surface area contributed by atoms with E-state index < -0.39 is 0 Å². The van der Waals surface area contributed by atoms with Gasteiger partial charge in [0, 0.05) is 27.1 Å². The van der Waals surface area contributed by atoms with E-state index in [0.29, 0.717) is 17.6 Å². The molecule has 4 nitrogen and oxygen atoms in total. The predicted molar refractivity (Wildman–Crippen MR) is 166 cm³/mol. The average Bonchev–Trinajstić information content (AvgIpc) is 3.29. The summed E-state index contributed by atoms with van der Waals surface area (Å²) < 4.78 is 2.18. The van der Waals surface area contributed by atoms with Gasteiger partial charge in [0.25, 0.3) is 0 Å². The van der Waals surface area contributed by atoms with Crippen LogP contribution in [0.15, 0.2) is 115 Å². The van der Waals surface area contributed by atoms with Gasteiger partial charge < -0.3 is 0 Å². The Morgan fingerprint density at radius 2 is 1.32 bits per heavy atom. The highest BCUT2D eigenvalue weighted by Crippen LogP contribution is 2.49. The Bertz CT molecular complexity index is 2140. The lowest BCUT2D eigenvalue weighted by molar-refractivity contribution is 0.661. The molecular formula is C37H26N4. The van der Waals surface area contributed by atoms with E-state index in [2.05, 4.69) is 72.7 Å². The van der Waals surface area contributed by atoms with Gasteiger partial charge >= 0.3 is 0 Å². The molecule has 194 valence electrons. The highest BCUT2D eigenvalue weighted by atomic mass is 15.2. The Kier molecular flexibility index (Phi) is 5.09. The van der Waals surface area contributed by atoms with Gasteiger partial charge in [-0.2, -0.15) is 9.97 Å². The summed E-state index contributed by atoms with van der Waals surface area (Å²) in [5.41, 5.74) is 11.6. The number of fused-ring (bicyclic) bond motifs is 6. The fraction of sp³-hybridized carbons (Fsp3) is 0.0811. The van der Waals surface area contributed by atoms with Crippen LogP contribution in [-0.2, 0) is 5.41 Å². The molecule has 0 radical (unpaired) electrons. The maximum absolute atomic E-state index is 5.09. The van der Waals surface area contributed by atoms with Gasteiger partial charge in [-0.25, -0.2) is 4.98 Å². The van der Waals surface area contributed by atoms with Gasteiger partial charge in [-0.05, 0) is 46.5 Å². The van der Waals surface area contributed by atoms with E-state index in [1.54, 1.807) is 0 Å². The standard InChI is InChI=1S/C37H26N4/c1-37(2)30-20-13-12-18-26(30)28-22-29-27-19-10-5-11-21-32(27)41(33(29)23-31(28)37)36-39-34(24-14-6-3-7-15-24)38-35(40-36)25-16-8-4-9-17-25/h3-18,20-23H,1-2H3. The molecule has 4 heteroatoms. The van der Waals surface area contributed by atoms with Crippen LogP contribution < -0.4 is 10.6 Å². The fourth-order valence-electron chi connectivity index (χ4n) is 6.26. The van der Waals surface area contributed by atoms with Crippen LogP contribution in [0.1, 0.15) is 25.0 Å². The Labute approximate surface area is 238 Å². The first-order valence-corrected chi connectivity index (χ1v) is 13.9. The summed E-state index contributed by atoms with van der Waals surface area (Å²) >= 11 is 0. The van der Waals surface area contributed by atoms with Crippen molar-refractivity contribution >= 4 is 22.7 Å². The van der Waals surface area contributed by atoms with Gasteiger partial charge in [0.15, 0.2) is 11.6 Å². The van der Waals surface area contributed by atoms with Crippen molar-refractivity contribution in [1.82, 2.24) is 19.5 Å². The van der Waals surface area contributed by atoms with Crippen molar-refractivity contribution < 1.29 is 0 Å². The molecule has 2 aromatic heterocycles. The average molecular weight is 527 g/mol. The fourth-order valence-corrected chi connectivity index (χ4v) is 6.26. The minimum atomic E-state index is -0.126. The second-order valence-corrected chi connectivity index (χ2v) is 11.1. The Balaban J connectivity index is 1.49. The normalized spacial score (nSPS) is 14.1. The molecule has 2 aliphatic rings. The molecule has 0 aliphatic heterocycles. The van der Waals surface area contributed by atoms with Gasteiger partial charge in [-0.3, -0.25) is 4.57 Å². The van der Waals surface area contributed by atoms with Gasteiger partial charge in [0.2, 0.25) is 5.95 Å². The number of benzene rings is 4. The van der Waals surface area contributed by atoms with Crippen LogP contribution in [-0.4, -0.2) is 19.5 Å². The van der Waals surface area contributed by atoms with Crippen LogP contribution in [0.2, 0.25) is 0 Å². The second kappa shape index (κ2) is 8.85. The zero-order chi connectivity index (χ0) is 27.6. The number of hydrogen-bond acceptors (Lipinski definition) is 3.